The van der Waals surface area contributed by atoms with Crippen LogP contribution >= 0.6 is 0 Å². The van der Waals surface area contributed by atoms with E-state index < -0.39 is 0 Å². The summed E-state index contributed by atoms with van der Waals surface area (Å²) in [6, 6.07) is 0. The first-order chi connectivity index (χ1) is 4.34. The van der Waals surface area contributed by atoms with Crippen molar-refractivity contribution in [2.24, 2.45) is 0 Å². The van der Waals surface area contributed by atoms with Gasteiger partial charge in [-0.05, 0) is 0 Å². The lowest BCUT2D eigenvalue weighted by Crippen LogP contribution is -2.40. The van der Waals surface area contributed by atoms with Crippen molar-refractivity contribution in [3.8, 4) is 0 Å². The minimum absolute atomic E-state index is 0.00917. The number of hydrogen-bond donors (Lipinski definition) is 0. The number of imide groups is 1. The zero-order valence-corrected chi connectivity index (χ0v) is 4.79. The molecule has 0 unspecified atom stereocenters. The van der Waals surface area contributed by atoms with Gasteiger partial charge in [-0.2, -0.15) is 0 Å². The average Bonchev–Trinajstić information content (AvgIpc) is 1.89. The minimum Gasteiger partial charge on any atom is -0.370 e. The highest BCUT2D eigenvalue weighted by Gasteiger charge is 2.17. The van der Waals surface area contributed by atoms with Gasteiger partial charge >= 0.3 is 6.41 Å². The molecule has 1 saturated heterocycles. The predicted molar refractivity (Wildman–Crippen MR) is 28.2 cm³/mol. The summed E-state index contributed by atoms with van der Waals surface area (Å²) in [5, 5.41) is 0. The van der Waals surface area contributed by atoms with Gasteiger partial charge < -0.3 is 4.74 Å². The zero-order valence-electron chi connectivity index (χ0n) is 4.79. The molecule has 0 N–H and O–H groups in total. The van der Waals surface area contributed by atoms with Crippen LogP contribution in [0.25, 0.3) is 0 Å². The number of morpholine rings is 1. The summed E-state index contributed by atoms with van der Waals surface area (Å²) in [5.41, 5.74) is 0. The van der Waals surface area contributed by atoms with Crippen LogP contribution in [0, 0.1) is 0 Å². The van der Waals surface area contributed by atoms with Crippen LogP contribution in [0.1, 0.15) is 0 Å². The molecule has 0 aliphatic carbocycles. The third kappa shape index (κ3) is 1.26. The number of amides is 2. The fourth-order valence-corrected chi connectivity index (χ4v) is 0.614. The Labute approximate surface area is 52.4 Å². The van der Waals surface area contributed by atoms with Crippen molar-refractivity contribution in [2.45, 2.75) is 0 Å². The van der Waals surface area contributed by atoms with Gasteiger partial charge in [-0.15, -0.1) is 0 Å². The van der Waals surface area contributed by atoms with Gasteiger partial charge in [0.15, 0.2) is 0 Å². The summed E-state index contributed by atoms with van der Waals surface area (Å²) in [7, 11) is 0. The van der Waals surface area contributed by atoms with E-state index in [0.29, 0.717) is 13.2 Å². The molecule has 1 aliphatic heterocycles. The molecule has 4 heteroatoms. The summed E-state index contributed by atoms with van der Waals surface area (Å²) in [4.78, 5) is 21.4. The Bertz CT molecular complexity index is 134. The first kappa shape index (κ1) is 6.22. The van der Waals surface area contributed by atoms with Crippen LogP contribution in [0.3, 0.4) is 0 Å². The molecule has 9 heavy (non-hydrogen) atoms. The molecule has 0 aromatic carbocycles. The molecular weight excluding hydrogens is 122 g/mol. The van der Waals surface area contributed by atoms with Gasteiger partial charge in [-0.25, -0.2) is 0 Å². The van der Waals surface area contributed by atoms with Crippen LogP contribution in [-0.2, 0) is 14.3 Å². The molecule has 0 saturated carbocycles. The third-order valence-corrected chi connectivity index (χ3v) is 1.10. The summed E-state index contributed by atoms with van der Waals surface area (Å²) in [6.07, 6.45) is 1.51. The largest absolute Gasteiger partial charge is 0.370 e. The second-order valence-electron chi connectivity index (χ2n) is 1.69. The number of carbonyl (C=O) groups is 1. The SMILES string of the molecule is O=[C]N1CCOCC1=O. The Balaban J connectivity index is 2.48. The molecule has 0 spiro atoms. The average molecular weight is 128 g/mol. The van der Waals surface area contributed by atoms with Crippen molar-refractivity contribution in [1.29, 1.82) is 0 Å². The maximum Gasteiger partial charge on any atom is 0.319 e. The highest BCUT2D eigenvalue weighted by molar-refractivity contribution is 5.87. The van der Waals surface area contributed by atoms with Crippen LogP contribution in [0.15, 0.2) is 0 Å². The summed E-state index contributed by atoms with van der Waals surface area (Å²) < 4.78 is 4.74. The highest BCUT2D eigenvalue weighted by Crippen LogP contribution is 1.93. The Hall–Kier alpha value is -0.900. The number of ether oxygens (including phenoxy) is 1. The standard InChI is InChI=1S/C5H6NO3/c7-4-6-1-2-9-3-5(6)8/h1-3H2. The molecule has 0 aromatic rings. The van der Waals surface area contributed by atoms with Crippen molar-refractivity contribution in [3.05, 3.63) is 0 Å². The van der Waals surface area contributed by atoms with Crippen LogP contribution in [0.5, 0.6) is 0 Å². The van der Waals surface area contributed by atoms with Gasteiger partial charge in [0, 0.05) is 0 Å². The van der Waals surface area contributed by atoms with E-state index in [1.165, 1.54) is 6.41 Å². The van der Waals surface area contributed by atoms with Crippen molar-refractivity contribution >= 4 is 12.3 Å². The molecule has 1 rings (SSSR count). The Morgan fingerprint density at radius 1 is 1.67 bits per heavy atom. The highest BCUT2D eigenvalue weighted by atomic mass is 16.5. The van der Waals surface area contributed by atoms with E-state index in [1.54, 1.807) is 0 Å². The monoisotopic (exact) mass is 128 g/mol. The molecule has 49 valence electrons. The fraction of sp³-hybridized carbons (Fsp3) is 0.600. The Morgan fingerprint density at radius 3 is 2.89 bits per heavy atom. The van der Waals surface area contributed by atoms with Gasteiger partial charge in [-0.1, -0.05) is 0 Å². The quantitative estimate of drug-likeness (QED) is 0.451. The maximum absolute atomic E-state index is 10.6. The summed E-state index contributed by atoms with van der Waals surface area (Å²) >= 11 is 0. The first-order valence-electron chi connectivity index (χ1n) is 2.60. The second kappa shape index (κ2) is 2.59. The number of carbonyl (C=O) groups excluding carboxylic acids is 2. The maximum atomic E-state index is 10.6. The molecule has 1 aliphatic rings. The molecule has 1 radical (unpaired) electrons. The van der Waals surface area contributed by atoms with Crippen molar-refractivity contribution in [3.63, 3.8) is 0 Å². The molecule has 0 bridgehead atoms. The number of hydrogen-bond acceptors (Lipinski definition) is 3. The lowest BCUT2D eigenvalue weighted by molar-refractivity contribution is -0.137. The fourth-order valence-electron chi connectivity index (χ4n) is 0.614. The van der Waals surface area contributed by atoms with E-state index >= 15 is 0 Å². The van der Waals surface area contributed by atoms with Crippen LogP contribution in [0.2, 0.25) is 0 Å². The van der Waals surface area contributed by atoms with Crippen LogP contribution < -0.4 is 0 Å². The van der Waals surface area contributed by atoms with Crippen molar-refractivity contribution in [1.82, 2.24) is 4.90 Å². The summed E-state index contributed by atoms with van der Waals surface area (Å²) in [5.74, 6) is -0.309. The van der Waals surface area contributed by atoms with Crippen molar-refractivity contribution in [2.75, 3.05) is 19.8 Å². The molecule has 1 heterocycles. The molecule has 1 fully saturated rings. The molecule has 2 amide bonds. The number of rotatable bonds is 1. The van der Waals surface area contributed by atoms with Crippen LogP contribution in [-0.4, -0.2) is 37.0 Å². The van der Waals surface area contributed by atoms with Gasteiger partial charge in [-0.3, -0.25) is 14.5 Å². The van der Waals surface area contributed by atoms with Gasteiger partial charge in [0.1, 0.15) is 6.61 Å². The molecular formula is C5H6NO3. The third-order valence-electron chi connectivity index (χ3n) is 1.10. The van der Waals surface area contributed by atoms with Gasteiger partial charge in [0.25, 0.3) is 5.91 Å². The predicted octanol–water partition coefficient (Wildman–Crippen LogP) is -1.09. The van der Waals surface area contributed by atoms with E-state index in [1.807, 2.05) is 0 Å². The Morgan fingerprint density at radius 2 is 2.44 bits per heavy atom. The lowest BCUT2D eigenvalue weighted by Gasteiger charge is -2.18. The van der Waals surface area contributed by atoms with E-state index in [2.05, 4.69) is 0 Å². The number of nitrogens with zero attached hydrogens (tertiary/aromatic N) is 1. The molecule has 0 atom stereocenters. The minimum atomic E-state index is -0.309. The van der Waals surface area contributed by atoms with Gasteiger partial charge in [0.2, 0.25) is 0 Å². The van der Waals surface area contributed by atoms with E-state index in [4.69, 9.17) is 4.74 Å². The normalized spacial score (nSPS) is 20.0. The first-order valence-corrected chi connectivity index (χ1v) is 2.60. The lowest BCUT2D eigenvalue weighted by atomic mass is 10.4. The second-order valence-corrected chi connectivity index (χ2v) is 1.69. The Kier molecular flexibility index (Phi) is 1.79. The zero-order chi connectivity index (χ0) is 6.69. The smallest absolute Gasteiger partial charge is 0.319 e. The van der Waals surface area contributed by atoms with E-state index in [0.717, 1.165) is 4.90 Å². The van der Waals surface area contributed by atoms with E-state index in [-0.39, 0.29) is 12.5 Å². The summed E-state index contributed by atoms with van der Waals surface area (Å²) in [6.45, 7) is 0.776. The molecule has 0 aromatic heterocycles. The van der Waals surface area contributed by atoms with Gasteiger partial charge in [0.05, 0.1) is 13.2 Å². The molecule has 4 nitrogen and oxygen atoms in total. The topological polar surface area (TPSA) is 46.6 Å². The van der Waals surface area contributed by atoms with E-state index in [9.17, 15) is 9.59 Å². The van der Waals surface area contributed by atoms with Crippen LogP contribution in [0.4, 0.5) is 0 Å². The van der Waals surface area contributed by atoms with Crippen molar-refractivity contribution < 1.29 is 14.3 Å².